The first kappa shape index (κ1) is 10.3. The molecule has 2 N–H and O–H groups in total. The van der Waals surface area contributed by atoms with Crippen LogP contribution in [0.5, 0.6) is 0 Å². The summed E-state index contributed by atoms with van der Waals surface area (Å²) in [4.78, 5) is 4.39. The van der Waals surface area contributed by atoms with Crippen molar-refractivity contribution in [1.82, 2.24) is 10.1 Å². The number of hydrogen-bond acceptors (Lipinski definition) is 5. The maximum absolute atomic E-state index is 5.72. The molecule has 0 saturated carbocycles. The van der Waals surface area contributed by atoms with Gasteiger partial charge in [0.2, 0.25) is 11.7 Å². The van der Waals surface area contributed by atoms with E-state index in [1.54, 1.807) is 0 Å². The minimum absolute atomic E-state index is 0.234. The van der Waals surface area contributed by atoms with Crippen molar-refractivity contribution in [2.45, 2.75) is 12.3 Å². The molecule has 1 aliphatic heterocycles. The molecule has 17 heavy (non-hydrogen) atoms. The van der Waals surface area contributed by atoms with Gasteiger partial charge in [0.05, 0.1) is 12.5 Å². The third-order valence-electron chi connectivity index (χ3n) is 2.87. The van der Waals surface area contributed by atoms with Gasteiger partial charge in [-0.05, 0) is 18.6 Å². The van der Waals surface area contributed by atoms with Crippen LogP contribution in [0.15, 0.2) is 28.8 Å². The number of ether oxygens (including phenoxy) is 1. The van der Waals surface area contributed by atoms with Crippen molar-refractivity contribution in [3.63, 3.8) is 0 Å². The van der Waals surface area contributed by atoms with Crippen LogP contribution < -0.4 is 5.73 Å². The Balaban J connectivity index is 1.89. The summed E-state index contributed by atoms with van der Waals surface area (Å²) >= 11 is 0. The molecule has 2 heterocycles. The van der Waals surface area contributed by atoms with E-state index in [9.17, 15) is 0 Å². The van der Waals surface area contributed by atoms with Crippen LogP contribution in [0.3, 0.4) is 0 Å². The summed E-state index contributed by atoms with van der Waals surface area (Å²) in [6.45, 7) is 1.43. The Bertz CT molecular complexity index is 518. The first-order chi connectivity index (χ1) is 8.33. The second kappa shape index (κ2) is 4.18. The highest BCUT2D eigenvalue weighted by molar-refractivity contribution is 5.60. The Hall–Kier alpha value is -1.88. The van der Waals surface area contributed by atoms with Crippen LogP contribution in [0.1, 0.15) is 18.2 Å². The second-order valence-corrected chi connectivity index (χ2v) is 4.14. The zero-order valence-corrected chi connectivity index (χ0v) is 9.30. The molecule has 3 rings (SSSR count). The third kappa shape index (κ3) is 2.01. The summed E-state index contributed by atoms with van der Waals surface area (Å²) in [7, 11) is 0. The largest absolute Gasteiger partial charge is 0.399 e. The molecule has 5 heteroatoms. The maximum Gasteiger partial charge on any atom is 0.232 e. The van der Waals surface area contributed by atoms with Gasteiger partial charge in [-0.3, -0.25) is 0 Å². The summed E-state index contributed by atoms with van der Waals surface area (Å²) in [5.41, 5.74) is 7.29. The molecule has 5 nitrogen and oxygen atoms in total. The predicted molar refractivity (Wildman–Crippen MR) is 62.3 cm³/mol. The quantitative estimate of drug-likeness (QED) is 0.798. The molecule has 88 valence electrons. The molecule has 2 aromatic rings. The van der Waals surface area contributed by atoms with Crippen LogP contribution in [-0.4, -0.2) is 23.4 Å². The molecular formula is C12H13N3O2. The maximum atomic E-state index is 5.72. The fourth-order valence-corrected chi connectivity index (χ4v) is 1.93. The summed E-state index contributed by atoms with van der Waals surface area (Å²) < 4.78 is 10.6. The molecule has 1 fully saturated rings. The number of nitrogen functional groups attached to an aromatic ring is 1. The van der Waals surface area contributed by atoms with Gasteiger partial charge in [-0.25, -0.2) is 0 Å². The molecule has 1 aromatic heterocycles. The van der Waals surface area contributed by atoms with Crippen molar-refractivity contribution >= 4 is 5.69 Å². The van der Waals surface area contributed by atoms with Crippen LogP contribution in [0.2, 0.25) is 0 Å². The summed E-state index contributed by atoms with van der Waals surface area (Å²) in [6, 6.07) is 7.45. The molecule has 0 bridgehead atoms. The van der Waals surface area contributed by atoms with Gasteiger partial charge in [0.25, 0.3) is 0 Å². The highest BCUT2D eigenvalue weighted by Gasteiger charge is 2.24. The molecule has 1 aromatic carbocycles. The van der Waals surface area contributed by atoms with Crippen LogP contribution in [-0.2, 0) is 4.74 Å². The topological polar surface area (TPSA) is 74.2 Å². The van der Waals surface area contributed by atoms with Crippen LogP contribution in [0, 0.1) is 0 Å². The lowest BCUT2D eigenvalue weighted by molar-refractivity contribution is 0.189. The van der Waals surface area contributed by atoms with E-state index < -0.39 is 0 Å². The molecule has 0 spiro atoms. The van der Waals surface area contributed by atoms with E-state index in [1.807, 2.05) is 24.3 Å². The third-order valence-corrected chi connectivity index (χ3v) is 2.87. The minimum atomic E-state index is 0.234. The van der Waals surface area contributed by atoms with Crippen molar-refractivity contribution < 1.29 is 9.26 Å². The van der Waals surface area contributed by atoms with E-state index in [0.29, 0.717) is 24.0 Å². The molecule has 1 aliphatic rings. The Morgan fingerprint density at radius 3 is 3.06 bits per heavy atom. The molecule has 1 unspecified atom stereocenters. The summed E-state index contributed by atoms with van der Waals surface area (Å²) in [5, 5.41) is 3.97. The Labute approximate surface area is 98.6 Å². The summed E-state index contributed by atoms with van der Waals surface area (Å²) in [5.74, 6) is 1.47. The Morgan fingerprint density at radius 1 is 1.35 bits per heavy atom. The number of hydrogen-bond donors (Lipinski definition) is 1. The van der Waals surface area contributed by atoms with Crippen molar-refractivity contribution in [2.24, 2.45) is 0 Å². The Kier molecular flexibility index (Phi) is 2.53. The van der Waals surface area contributed by atoms with Gasteiger partial charge >= 0.3 is 0 Å². The van der Waals surface area contributed by atoms with Crippen molar-refractivity contribution in [2.75, 3.05) is 18.9 Å². The lowest BCUT2D eigenvalue weighted by atomic mass is 10.1. The Morgan fingerprint density at radius 2 is 2.29 bits per heavy atom. The standard InChI is InChI=1S/C12H13N3O2/c13-10-3-1-2-8(6-10)11-14-12(17-15-11)9-4-5-16-7-9/h1-3,6,9H,4-5,7,13H2. The monoisotopic (exact) mass is 231 g/mol. The number of nitrogens with zero attached hydrogens (tertiary/aromatic N) is 2. The lowest BCUT2D eigenvalue weighted by Gasteiger charge is -1.98. The molecular weight excluding hydrogens is 218 g/mol. The van der Waals surface area contributed by atoms with Gasteiger partial charge in [-0.15, -0.1) is 0 Å². The van der Waals surface area contributed by atoms with Crippen molar-refractivity contribution in [1.29, 1.82) is 0 Å². The minimum Gasteiger partial charge on any atom is -0.399 e. The van der Waals surface area contributed by atoms with Gasteiger partial charge in [0, 0.05) is 17.9 Å². The van der Waals surface area contributed by atoms with Crippen molar-refractivity contribution in [3.8, 4) is 11.4 Å². The number of benzene rings is 1. The number of anilines is 1. The van der Waals surface area contributed by atoms with E-state index in [4.69, 9.17) is 15.0 Å². The van der Waals surface area contributed by atoms with E-state index in [2.05, 4.69) is 10.1 Å². The molecule has 1 atom stereocenters. The van der Waals surface area contributed by atoms with Crippen LogP contribution in [0.4, 0.5) is 5.69 Å². The highest BCUT2D eigenvalue weighted by atomic mass is 16.5. The number of aromatic nitrogens is 2. The SMILES string of the molecule is Nc1cccc(-c2noc(C3CCOC3)n2)c1. The zero-order valence-electron chi connectivity index (χ0n) is 9.30. The highest BCUT2D eigenvalue weighted by Crippen LogP contribution is 2.26. The summed E-state index contributed by atoms with van der Waals surface area (Å²) in [6.07, 6.45) is 0.943. The van der Waals surface area contributed by atoms with E-state index >= 15 is 0 Å². The fraction of sp³-hybridized carbons (Fsp3) is 0.333. The normalized spacial score (nSPS) is 19.6. The molecule has 0 aliphatic carbocycles. The van der Waals surface area contributed by atoms with Crippen LogP contribution >= 0.6 is 0 Å². The molecule has 1 saturated heterocycles. The van der Waals surface area contributed by atoms with Crippen molar-refractivity contribution in [3.05, 3.63) is 30.2 Å². The fourth-order valence-electron chi connectivity index (χ4n) is 1.93. The van der Waals surface area contributed by atoms with Gasteiger partial charge < -0.3 is 15.0 Å². The predicted octanol–water partition coefficient (Wildman–Crippen LogP) is 1.82. The van der Waals surface area contributed by atoms with Gasteiger partial charge in [-0.1, -0.05) is 17.3 Å². The average Bonchev–Trinajstić information content (AvgIpc) is 3.00. The van der Waals surface area contributed by atoms with E-state index in [-0.39, 0.29) is 5.92 Å². The first-order valence-corrected chi connectivity index (χ1v) is 5.60. The smallest absolute Gasteiger partial charge is 0.232 e. The van der Waals surface area contributed by atoms with Gasteiger partial charge in [0.15, 0.2) is 0 Å². The number of rotatable bonds is 2. The zero-order chi connectivity index (χ0) is 11.7. The first-order valence-electron chi connectivity index (χ1n) is 5.60. The molecule has 0 amide bonds. The lowest BCUT2D eigenvalue weighted by Crippen LogP contribution is -1.97. The average molecular weight is 231 g/mol. The second-order valence-electron chi connectivity index (χ2n) is 4.14. The van der Waals surface area contributed by atoms with E-state index in [1.165, 1.54) is 0 Å². The van der Waals surface area contributed by atoms with E-state index in [0.717, 1.165) is 18.6 Å². The van der Waals surface area contributed by atoms with Crippen LogP contribution in [0.25, 0.3) is 11.4 Å². The molecule has 0 radical (unpaired) electrons. The van der Waals surface area contributed by atoms with Gasteiger partial charge in [-0.2, -0.15) is 4.98 Å². The number of nitrogens with two attached hydrogens (primary N) is 1. The van der Waals surface area contributed by atoms with Gasteiger partial charge in [0.1, 0.15) is 0 Å².